The fraction of sp³-hybridized carbons (Fsp3) is 0.818. The van der Waals surface area contributed by atoms with Crippen molar-refractivity contribution in [2.24, 2.45) is 0 Å². The zero-order chi connectivity index (χ0) is 17.4. The molecular formula is C22H39NO. The first-order valence-corrected chi connectivity index (χ1v) is 10.3. The van der Waals surface area contributed by atoms with Gasteiger partial charge in [0.25, 0.3) is 0 Å². The van der Waals surface area contributed by atoms with Crippen LogP contribution in [0.4, 0.5) is 0 Å². The molecule has 0 aromatic carbocycles. The third-order valence-corrected chi connectivity index (χ3v) is 5.81. The lowest BCUT2D eigenvalue weighted by molar-refractivity contribution is -0.275. The van der Waals surface area contributed by atoms with Gasteiger partial charge in [-0.15, -0.1) is 6.58 Å². The van der Waals surface area contributed by atoms with Crippen molar-refractivity contribution in [1.29, 1.82) is 0 Å². The van der Waals surface area contributed by atoms with Crippen molar-refractivity contribution in [3.63, 3.8) is 0 Å². The molecule has 0 amide bonds. The van der Waals surface area contributed by atoms with Crippen molar-refractivity contribution in [2.45, 2.75) is 116 Å². The Kier molecular flexibility index (Phi) is 8.03. The molecule has 0 aromatic heterocycles. The Bertz CT molecular complexity index is 382. The predicted octanol–water partition coefficient (Wildman–Crippen LogP) is 6.58. The number of hydroxylamine groups is 2. The van der Waals surface area contributed by atoms with E-state index in [0.717, 1.165) is 12.8 Å². The molecule has 2 nitrogen and oxygen atoms in total. The summed E-state index contributed by atoms with van der Waals surface area (Å²) >= 11 is 0. The highest BCUT2D eigenvalue weighted by molar-refractivity contribution is 4.99. The minimum Gasteiger partial charge on any atom is -0.288 e. The standard InChI is InChI=1S/C22H39NO/c1-5-22(4,18-12-13-19(2)3)24-23(20-14-8-6-9-15-20)21-16-10-7-11-17-21/h5,13,20-21H,1,6-12,14-18H2,2-4H3. The van der Waals surface area contributed by atoms with Crippen molar-refractivity contribution in [2.75, 3.05) is 0 Å². The van der Waals surface area contributed by atoms with Crippen LogP contribution in [0.25, 0.3) is 0 Å². The molecule has 0 aliphatic heterocycles. The molecule has 1 unspecified atom stereocenters. The van der Waals surface area contributed by atoms with Gasteiger partial charge in [0, 0.05) is 12.1 Å². The van der Waals surface area contributed by atoms with E-state index in [1.165, 1.54) is 69.8 Å². The second kappa shape index (κ2) is 9.77. The fourth-order valence-corrected chi connectivity index (χ4v) is 4.19. The molecule has 138 valence electrons. The van der Waals surface area contributed by atoms with Gasteiger partial charge in [-0.25, -0.2) is 0 Å². The Morgan fingerprint density at radius 2 is 1.50 bits per heavy atom. The second-order valence-electron chi connectivity index (χ2n) is 8.37. The topological polar surface area (TPSA) is 12.5 Å². The van der Waals surface area contributed by atoms with Crippen LogP contribution in [0.15, 0.2) is 24.3 Å². The number of hydrogen-bond donors (Lipinski definition) is 0. The highest BCUT2D eigenvalue weighted by Crippen LogP contribution is 2.34. The van der Waals surface area contributed by atoms with Crippen molar-refractivity contribution in [1.82, 2.24) is 5.06 Å². The van der Waals surface area contributed by atoms with Crippen LogP contribution in [0.5, 0.6) is 0 Å². The summed E-state index contributed by atoms with van der Waals surface area (Å²) in [6.07, 6.45) is 19.9. The van der Waals surface area contributed by atoms with Crippen LogP contribution in [-0.2, 0) is 4.84 Å². The maximum Gasteiger partial charge on any atom is 0.105 e. The molecule has 2 saturated carbocycles. The van der Waals surface area contributed by atoms with Gasteiger partial charge in [0.1, 0.15) is 5.60 Å². The number of nitrogens with zero attached hydrogens (tertiary/aromatic N) is 1. The summed E-state index contributed by atoms with van der Waals surface area (Å²) in [6.45, 7) is 10.7. The van der Waals surface area contributed by atoms with Crippen LogP contribution in [0.1, 0.15) is 97.8 Å². The minimum atomic E-state index is -0.249. The van der Waals surface area contributed by atoms with Crippen molar-refractivity contribution in [3.05, 3.63) is 24.3 Å². The molecule has 2 aliphatic rings. The number of allylic oxidation sites excluding steroid dienone is 2. The summed E-state index contributed by atoms with van der Waals surface area (Å²) in [7, 11) is 0. The first-order chi connectivity index (χ1) is 11.5. The maximum atomic E-state index is 6.73. The molecular weight excluding hydrogens is 294 g/mol. The van der Waals surface area contributed by atoms with Gasteiger partial charge in [0.05, 0.1) is 0 Å². The second-order valence-corrected chi connectivity index (χ2v) is 8.37. The summed E-state index contributed by atoms with van der Waals surface area (Å²) in [4.78, 5) is 6.73. The molecule has 0 aromatic rings. The van der Waals surface area contributed by atoms with Crippen LogP contribution in [0.3, 0.4) is 0 Å². The Balaban J connectivity index is 2.05. The van der Waals surface area contributed by atoms with Gasteiger partial charge in [-0.2, -0.15) is 5.06 Å². The lowest BCUT2D eigenvalue weighted by Crippen LogP contribution is -2.49. The smallest absolute Gasteiger partial charge is 0.105 e. The molecule has 0 saturated heterocycles. The first-order valence-electron chi connectivity index (χ1n) is 10.3. The lowest BCUT2D eigenvalue weighted by Gasteiger charge is -2.44. The molecule has 2 rings (SSSR count). The van der Waals surface area contributed by atoms with Crippen molar-refractivity contribution < 1.29 is 4.84 Å². The average Bonchev–Trinajstić information content (AvgIpc) is 2.61. The summed E-state index contributed by atoms with van der Waals surface area (Å²) < 4.78 is 0. The SMILES string of the molecule is C=CC(C)(CCC=C(C)C)ON(C1CCCCC1)C1CCCCC1. The number of hydrogen-bond acceptors (Lipinski definition) is 2. The van der Waals surface area contributed by atoms with E-state index in [1.807, 2.05) is 6.08 Å². The van der Waals surface area contributed by atoms with Gasteiger partial charge < -0.3 is 0 Å². The summed E-state index contributed by atoms with van der Waals surface area (Å²) in [6, 6.07) is 1.23. The van der Waals surface area contributed by atoms with Crippen molar-refractivity contribution in [3.8, 4) is 0 Å². The van der Waals surface area contributed by atoms with E-state index in [1.54, 1.807) is 0 Å². The van der Waals surface area contributed by atoms with Gasteiger partial charge in [-0.1, -0.05) is 56.3 Å². The summed E-state index contributed by atoms with van der Waals surface area (Å²) in [5.41, 5.74) is 1.14. The van der Waals surface area contributed by atoms with E-state index < -0.39 is 0 Å². The van der Waals surface area contributed by atoms with Crippen LogP contribution in [-0.4, -0.2) is 22.7 Å². The zero-order valence-electron chi connectivity index (χ0n) is 16.4. The van der Waals surface area contributed by atoms with Crippen LogP contribution in [0, 0.1) is 0 Å². The Hall–Kier alpha value is -0.600. The van der Waals surface area contributed by atoms with Gasteiger partial charge in [-0.05, 0) is 59.3 Å². The highest BCUT2D eigenvalue weighted by Gasteiger charge is 2.34. The van der Waals surface area contributed by atoms with E-state index in [4.69, 9.17) is 4.84 Å². The first kappa shape index (κ1) is 19.7. The normalized spacial score (nSPS) is 23.0. The molecule has 0 spiro atoms. The monoisotopic (exact) mass is 333 g/mol. The largest absolute Gasteiger partial charge is 0.288 e. The Morgan fingerprint density at radius 1 is 1.00 bits per heavy atom. The lowest BCUT2D eigenvalue weighted by atomic mass is 9.90. The van der Waals surface area contributed by atoms with Gasteiger partial charge >= 0.3 is 0 Å². The maximum absolute atomic E-state index is 6.73. The van der Waals surface area contributed by atoms with E-state index in [9.17, 15) is 0 Å². The molecule has 0 radical (unpaired) electrons. The Morgan fingerprint density at radius 3 is 1.92 bits per heavy atom. The molecule has 0 N–H and O–H groups in total. The van der Waals surface area contributed by atoms with Crippen molar-refractivity contribution >= 4 is 0 Å². The van der Waals surface area contributed by atoms with E-state index in [2.05, 4.69) is 38.5 Å². The van der Waals surface area contributed by atoms with Crippen LogP contribution >= 0.6 is 0 Å². The minimum absolute atomic E-state index is 0.249. The predicted molar refractivity (Wildman–Crippen MR) is 104 cm³/mol. The van der Waals surface area contributed by atoms with Gasteiger partial charge in [0.2, 0.25) is 0 Å². The van der Waals surface area contributed by atoms with Crippen LogP contribution < -0.4 is 0 Å². The molecule has 2 heteroatoms. The van der Waals surface area contributed by atoms with Crippen LogP contribution in [0.2, 0.25) is 0 Å². The van der Waals surface area contributed by atoms with E-state index >= 15 is 0 Å². The van der Waals surface area contributed by atoms with E-state index in [-0.39, 0.29) is 5.60 Å². The summed E-state index contributed by atoms with van der Waals surface area (Å²) in [5, 5.41) is 2.45. The molecule has 0 heterocycles. The van der Waals surface area contributed by atoms with E-state index in [0.29, 0.717) is 12.1 Å². The molecule has 24 heavy (non-hydrogen) atoms. The molecule has 1 atom stereocenters. The Labute approximate surface area is 150 Å². The quantitative estimate of drug-likeness (QED) is 0.367. The molecule has 2 aliphatic carbocycles. The zero-order valence-corrected chi connectivity index (χ0v) is 16.4. The number of rotatable bonds is 8. The van der Waals surface area contributed by atoms with Gasteiger partial charge in [0.15, 0.2) is 0 Å². The molecule has 2 fully saturated rings. The third-order valence-electron chi connectivity index (χ3n) is 5.81. The molecule has 0 bridgehead atoms. The third kappa shape index (κ3) is 6.04. The average molecular weight is 334 g/mol. The summed E-state index contributed by atoms with van der Waals surface area (Å²) in [5.74, 6) is 0. The van der Waals surface area contributed by atoms with Gasteiger partial charge in [-0.3, -0.25) is 4.84 Å². The fourth-order valence-electron chi connectivity index (χ4n) is 4.19. The highest BCUT2D eigenvalue weighted by atomic mass is 16.7.